The van der Waals surface area contributed by atoms with Crippen molar-refractivity contribution in [3.63, 3.8) is 0 Å². The lowest BCUT2D eigenvalue weighted by Gasteiger charge is -2.35. The van der Waals surface area contributed by atoms with E-state index in [2.05, 4.69) is 10.3 Å². The van der Waals surface area contributed by atoms with Gasteiger partial charge in [-0.25, -0.2) is 4.98 Å². The molecular formula is C24H29F3N6O6. The molecule has 3 aliphatic rings. The molecule has 2 aliphatic heterocycles. The van der Waals surface area contributed by atoms with E-state index < -0.39 is 59.4 Å². The largest absolute Gasteiger partial charge is 0.472 e. The molecule has 1 saturated heterocycles. The Morgan fingerprint density at radius 2 is 1.97 bits per heavy atom. The Balaban J connectivity index is 1.58. The van der Waals surface area contributed by atoms with Crippen LogP contribution in [-0.4, -0.2) is 87.8 Å². The lowest BCUT2D eigenvalue weighted by molar-refractivity contribution is -0.175. The number of aromatic nitrogens is 1. The Bertz CT molecular complexity index is 1220. The van der Waals surface area contributed by atoms with Crippen LogP contribution in [0.4, 0.5) is 19.0 Å². The van der Waals surface area contributed by atoms with Gasteiger partial charge in [0.05, 0.1) is 6.54 Å². The third kappa shape index (κ3) is 5.61. The molecule has 4 N–H and O–H groups in total. The zero-order valence-electron chi connectivity index (χ0n) is 21.5. The average molecular weight is 555 g/mol. The van der Waals surface area contributed by atoms with Crippen molar-refractivity contribution in [2.24, 2.45) is 11.7 Å². The molecule has 1 aromatic heterocycles. The number of anilines is 1. The fourth-order valence-corrected chi connectivity index (χ4v) is 4.88. The van der Waals surface area contributed by atoms with Gasteiger partial charge in [0.15, 0.2) is 11.6 Å². The molecule has 2 unspecified atom stereocenters. The summed E-state index contributed by atoms with van der Waals surface area (Å²) in [5.41, 5.74) is 4.58. The maximum atomic E-state index is 13.9. The summed E-state index contributed by atoms with van der Waals surface area (Å²) in [6, 6.07) is -0.762. The van der Waals surface area contributed by atoms with E-state index in [9.17, 15) is 37.1 Å². The third-order valence-electron chi connectivity index (χ3n) is 7.21. The van der Waals surface area contributed by atoms with Crippen molar-refractivity contribution >= 4 is 35.4 Å². The number of aryl methyl sites for hydroxylation is 1. The molecule has 1 saturated carbocycles. The number of nitrogens with one attached hydrogen (secondary N) is 2. The topological polar surface area (TPSA) is 164 Å². The van der Waals surface area contributed by atoms with Crippen LogP contribution in [0.5, 0.6) is 5.75 Å². The highest BCUT2D eigenvalue weighted by atomic mass is 19.4. The number of halogens is 3. The van der Waals surface area contributed by atoms with E-state index in [-0.39, 0.29) is 36.9 Å². The highest BCUT2D eigenvalue weighted by molar-refractivity contribution is 6.03. The quantitative estimate of drug-likeness (QED) is 0.435. The summed E-state index contributed by atoms with van der Waals surface area (Å²) in [5, 5.41) is 4.24. The number of rotatable bonds is 7. The van der Waals surface area contributed by atoms with E-state index in [0.29, 0.717) is 5.69 Å². The lowest BCUT2D eigenvalue weighted by atomic mass is 9.97. The fraction of sp³-hybridized carbons (Fsp3) is 0.583. The second-order valence-electron chi connectivity index (χ2n) is 10.3. The first-order valence-corrected chi connectivity index (χ1v) is 12.3. The number of pyridine rings is 1. The molecule has 2 fully saturated rings. The molecule has 5 amide bonds. The van der Waals surface area contributed by atoms with Crippen molar-refractivity contribution in [2.45, 2.75) is 69.4 Å². The molecular weight excluding hydrogens is 525 g/mol. The molecule has 4 atom stereocenters. The molecule has 0 bridgehead atoms. The number of alkyl halides is 3. The fourth-order valence-electron chi connectivity index (χ4n) is 4.88. The van der Waals surface area contributed by atoms with Gasteiger partial charge in [-0.05, 0) is 38.3 Å². The third-order valence-corrected chi connectivity index (χ3v) is 7.21. The normalized spacial score (nSPS) is 23.8. The summed E-state index contributed by atoms with van der Waals surface area (Å²) < 4.78 is 44.1. The minimum absolute atomic E-state index is 0.0771. The van der Waals surface area contributed by atoms with Crippen LogP contribution in [0, 0.1) is 12.8 Å². The van der Waals surface area contributed by atoms with Gasteiger partial charge in [0.1, 0.15) is 18.1 Å². The molecule has 0 radical (unpaired) electrons. The Hall–Kier alpha value is -3.91. The molecule has 1 aliphatic carbocycles. The SMILES string of the molecule is Cc1ccc2c(n1)NC(=O)[C@]1(C[C@@H](C(N)=O)N(C(=O)C(CC3CC3)N(C)C(=O)C(C)NC(=O)C(F)(F)F)C1)O2. The minimum atomic E-state index is -5.19. The maximum absolute atomic E-state index is 13.9. The van der Waals surface area contributed by atoms with Crippen LogP contribution < -0.4 is 21.1 Å². The molecule has 0 aromatic carbocycles. The number of hydrogen-bond acceptors (Lipinski definition) is 7. The van der Waals surface area contributed by atoms with Crippen LogP contribution in [0.3, 0.4) is 0 Å². The monoisotopic (exact) mass is 554 g/mol. The molecule has 212 valence electrons. The number of fused-ring (bicyclic) bond motifs is 1. The maximum Gasteiger partial charge on any atom is 0.471 e. The van der Waals surface area contributed by atoms with Crippen LogP contribution in [0.25, 0.3) is 0 Å². The highest BCUT2D eigenvalue weighted by Crippen LogP contribution is 2.41. The number of likely N-dealkylation sites (N-methyl/N-ethyl adjacent to an activating group) is 1. The van der Waals surface area contributed by atoms with E-state index in [1.807, 2.05) is 0 Å². The van der Waals surface area contributed by atoms with Gasteiger partial charge >= 0.3 is 12.1 Å². The van der Waals surface area contributed by atoms with Gasteiger partial charge in [0, 0.05) is 19.2 Å². The van der Waals surface area contributed by atoms with Gasteiger partial charge in [-0.2, -0.15) is 13.2 Å². The zero-order valence-corrected chi connectivity index (χ0v) is 21.5. The Morgan fingerprint density at radius 1 is 1.31 bits per heavy atom. The number of likely N-dealkylation sites (tertiary alicyclic amines) is 1. The molecule has 1 spiro atoms. The molecule has 1 aromatic rings. The summed E-state index contributed by atoms with van der Waals surface area (Å²) in [6.07, 6.45) is -3.70. The van der Waals surface area contributed by atoms with Crippen LogP contribution in [0.1, 0.15) is 38.3 Å². The summed E-state index contributed by atoms with van der Waals surface area (Å²) >= 11 is 0. The molecule has 12 nitrogen and oxygen atoms in total. The van der Waals surface area contributed by atoms with Crippen molar-refractivity contribution in [1.82, 2.24) is 20.1 Å². The minimum Gasteiger partial charge on any atom is -0.472 e. The second kappa shape index (κ2) is 10.0. The number of primary amides is 1. The number of carbonyl (C=O) groups is 5. The van der Waals surface area contributed by atoms with E-state index in [1.54, 1.807) is 24.4 Å². The van der Waals surface area contributed by atoms with E-state index in [0.717, 1.165) is 29.6 Å². The van der Waals surface area contributed by atoms with Crippen LogP contribution in [0.15, 0.2) is 12.1 Å². The summed E-state index contributed by atoms with van der Waals surface area (Å²) in [7, 11) is 1.24. The van der Waals surface area contributed by atoms with Crippen LogP contribution in [-0.2, 0) is 24.0 Å². The van der Waals surface area contributed by atoms with Crippen molar-refractivity contribution in [3.8, 4) is 5.75 Å². The second-order valence-corrected chi connectivity index (χ2v) is 10.3. The van der Waals surface area contributed by atoms with Gasteiger partial charge in [0.25, 0.3) is 5.91 Å². The number of hydrogen-bond donors (Lipinski definition) is 3. The van der Waals surface area contributed by atoms with Gasteiger partial charge in [-0.1, -0.05) is 12.8 Å². The summed E-state index contributed by atoms with van der Waals surface area (Å²) in [4.78, 5) is 70.0. The molecule has 39 heavy (non-hydrogen) atoms. The van der Waals surface area contributed by atoms with E-state index >= 15 is 0 Å². The number of amides is 5. The molecule has 4 rings (SSSR count). The van der Waals surface area contributed by atoms with E-state index in [4.69, 9.17) is 10.5 Å². The van der Waals surface area contributed by atoms with Crippen LogP contribution in [0.2, 0.25) is 0 Å². The Labute approximate surface area is 221 Å². The summed E-state index contributed by atoms with van der Waals surface area (Å²) in [5.74, 6) is -4.94. The average Bonchev–Trinajstić information content (AvgIpc) is 3.59. The Kier molecular flexibility index (Phi) is 7.21. The van der Waals surface area contributed by atoms with Crippen molar-refractivity contribution in [3.05, 3.63) is 17.8 Å². The van der Waals surface area contributed by atoms with Crippen molar-refractivity contribution in [1.29, 1.82) is 0 Å². The smallest absolute Gasteiger partial charge is 0.471 e. The zero-order chi connectivity index (χ0) is 28.9. The first-order valence-electron chi connectivity index (χ1n) is 12.3. The highest BCUT2D eigenvalue weighted by Gasteiger charge is 2.58. The first kappa shape index (κ1) is 28.1. The number of carbonyl (C=O) groups excluding carboxylic acids is 5. The number of ether oxygens (including phenoxy) is 1. The standard InChI is InChI=1S/C24H29F3N6O6/c1-11-4-7-16-18(29-11)31-21(37)23(39-16)9-15(17(28)34)33(10-23)20(36)14(8-13-5-6-13)32(3)19(35)12(2)30-22(38)24(25,26)27/h4,7,12-15H,5-6,8-10H2,1-3H3,(H2,28,34)(H,30,38)(H,29,31,37)/t12?,14?,15-,23+/m0/s1. The van der Waals surface area contributed by atoms with Crippen molar-refractivity contribution < 1.29 is 41.9 Å². The molecule has 3 heterocycles. The number of nitrogens with two attached hydrogens (primary N) is 1. The van der Waals surface area contributed by atoms with Gasteiger partial charge < -0.3 is 30.9 Å². The van der Waals surface area contributed by atoms with Crippen LogP contribution >= 0.6 is 0 Å². The number of nitrogens with zero attached hydrogens (tertiary/aromatic N) is 3. The predicted octanol–water partition coefficient (Wildman–Crippen LogP) is 0.240. The van der Waals surface area contributed by atoms with E-state index in [1.165, 1.54) is 7.05 Å². The van der Waals surface area contributed by atoms with Gasteiger partial charge in [-0.3, -0.25) is 24.0 Å². The lowest BCUT2D eigenvalue weighted by Crippen LogP contribution is -2.58. The summed E-state index contributed by atoms with van der Waals surface area (Å²) in [6.45, 7) is 2.44. The first-order chi connectivity index (χ1) is 18.1. The predicted molar refractivity (Wildman–Crippen MR) is 128 cm³/mol. The van der Waals surface area contributed by atoms with Crippen molar-refractivity contribution in [2.75, 3.05) is 18.9 Å². The van der Waals surface area contributed by atoms with Gasteiger partial charge in [-0.15, -0.1) is 0 Å². The molecule has 15 heteroatoms. The van der Waals surface area contributed by atoms with Gasteiger partial charge in [0.2, 0.25) is 23.3 Å². The Morgan fingerprint density at radius 3 is 2.56 bits per heavy atom.